The minimum atomic E-state index is -0.722. The predicted octanol–water partition coefficient (Wildman–Crippen LogP) is 3.97. The van der Waals surface area contributed by atoms with Crippen LogP contribution in [-0.2, 0) is 16.0 Å². The maximum atomic E-state index is 12.9. The summed E-state index contributed by atoms with van der Waals surface area (Å²) < 4.78 is 5.11. The van der Waals surface area contributed by atoms with E-state index in [1.807, 2.05) is 19.1 Å². The maximum Gasteiger partial charge on any atom is 0.338 e. The Kier molecular flexibility index (Phi) is 6.35. The average molecular weight is 434 g/mol. The second-order valence-corrected chi connectivity index (χ2v) is 8.21. The average Bonchev–Trinajstić information content (AvgIpc) is 3.08. The van der Waals surface area contributed by atoms with E-state index in [-0.39, 0.29) is 29.0 Å². The number of hydrogen-bond acceptors (Lipinski definition) is 5. The lowest BCUT2D eigenvalue weighted by Gasteiger charge is -2.29. The summed E-state index contributed by atoms with van der Waals surface area (Å²) >= 11 is 0. The molecule has 4 rings (SSSR count). The molecule has 32 heavy (non-hydrogen) atoms. The first-order valence-electron chi connectivity index (χ1n) is 11.1. The van der Waals surface area contributed by atoms with Gasteiger partial charge in [0.15, 0.2) is 6.61 Å². The first-order chi connectivity index (χ1) is 15.5. The van der Waals surface area contributed by atoms with Crippen molar-refractivity contribution in [2.75, 3.05) is 11.9 Å². The highest BCUT2D eigenvalue weighted by atomic mass is 16.5. The zero-order valence-electron chi connectivity index (χ0n) is 18.1. The van der Waals surface area contributed by atoms with Crippen molar-refractivity contribution in [2.24, 2.45) is 0 Å². The van der Waals surface area contributed by atoms with Crippen LogP contribution in [-0.4, -0.2) is 41.2 Å². The number of ether oxygens (including phenoxy) is 1. The molecule has 0 atom stereocenters. The molecular weight excluding hydrogens is 408 g/mol. The van der Waals surface area contributed by atoms with Crippen molar-refractivity contribution in [3.8, 4) is 0 Å². The number of rotatable bonds is 6. The van der Waals surface area contributed by atoms with Crippen molar-refractivity contribution >= 4 is 29.4 Å². The quantitative estimate of drug-likeness (QED) is 0.549. The van der Waals surface area contributed by atoms with Gasteiger partial charge in [-0.2, -0.15) is 0 Å². The first-order valence-corrected chi connectivity index (χ1v) is 11.1. The van der Waals surface area contributed by atoms with Gasteiger partial charge in [-0.1, -0.05) is 38.3 Å². The molecule has 1 N–H and O–H groups in total. The van der Waals surface area contributed by atoms with Gasteiger partial charge < -0.3 is 10.1 Å². The van der Waals surface area contributed by atoms with E-state index < -0.39 is 18.5 Å². The number of amides is 3. The van der Waals surface area contributed by atoms with Crippen LogP contribution >= 0.6 is 0 Å². The minimum absolute atomic E-state index is 0.0818. The number of aryl methyl sites for hydroxylation is 1. The van der Waals surface area contributed by atoms with Crippen LogP contribution in [0.3, 0.4) is 0 Å². The monoisotopic (exact) mass is 434 g/mol. The molecule has 1 saturated carbocycles. The summed E-state index contributed by atoms with van der Waals surface area (Å²) in [5.74, 6) is -1.84. The topological polar surface area (TPSA) is 92.8 Å². The third-order valence-electron chi connectivity index (χ3n) is 6.07. The van der Waals surface area contributed by atoms with Crippen LogP contribution in [0.5, 0.6) is 0 Å². The highest BCUT2D eigenvalue weighted by Crippen LogP contribution is 2.31. The number of imide groups is 1. The van der Waals surface area contributed by atoms with Gasteiger partial charge in [0.2, 0.25) is 0 Å². The number of hydrogen-bond donors (Lipinski definition) is 1. The third kappa shape index (κ3) is 4.42. The molecule has 166 valence electrons. The number of carbonyl (C=O) groups excluding carboxylic acids is 4. The van der Waals surface area contributed by atoms with Gasteiger partial charge in [-0.05, 0) is 55.2 Å². The Bertz CT molecular complexity index is 1050. The van der Waals surface area contributed by atoms with Crippen molar-refractivity contribution in [1.29, 1.82) is 0 Å². The Morgan fingerprint density at radius 2 is 1.66 bits per heavy atom. The summed E-state index contributed by atoms with van der Waals surface area (Å²) in [5.41, 5.74) is 2.44. The van der Waals surface area contributed by atoms with Gasteiger partial charge in [-0.15, -0.1) is 0 Å². The molecule has 0 aromatic heterocycles. The van der Waals surface area contributed by atoms with E-state index in [4.69, 9.17) is 4.74 Å². The molecule has 7 nitrogen and oxygen atoms in total. The van der Waals surface area contributed by atoms with Crippen molar-refractivity contribution in [3.63, 3.8) is 0 Å². The fourth-order valence-electron chi connectivity index (χ4n) is 4.29. The van der Waals surface area contributed by atoms with Crippen molar-refractivity contribution in [1.82, 2.24) is 4.90 Å². The molecule has 0 bridgehead atoms. The van der Waals surface area contributed by atoms with Crippen LogP contribution in [0.2, 0.25) is 0 Å². The molecule has 0 unspecified atom stereocenters. The molecule has 0 saturated heterocycles. The first kappa shape index (κ1) is 21.7. The van der Waals surface area contributed by atoms with Crippen LogP contribution in [0, 0.1) is 0 Å². The van der Waals surface area contributed by atoms with Gasteiger partial charge in [0.25, 0.3) is 17.7 Å². The van der Waals surface area contributed by atoms with Gasteiger partial charge in [0.05, 0.1) is 16.7 Å². The van der Waals surface area contributed by atoms with Gasteiger partial charge in [-0.25, -0.2) is 4.79 Å². The summed E-state index contributed by atoms with van der Waals surface area (Å²) in [6, 6.07) is 11.7. The van der Waals surface area contributed by atoms with E-state index in [1.54, 1.807) is 12.1 Å². The molecule has 1 fully saturated rings. The van der Waals surface area contributed by atoms with Crippen molar-refractivity contribution in [3.05, 3.63) is 64.7 Å². The third-order valence-corrected chi connectivity index (χ3v) is 6.07. The lowest BCUT2D eigenvalue weighted by Crippen LogP contribution is -2.40. The van der Waals surface area contributed by atoms with Crippen LogP contribution in [0.25, 0.3) is 0 Å². The number of anilines is 1. The summed E-state index contributed by atoms with van der Waals surface area (Å²) in [6.45, 7) is 1.59. The van der Waals surface area contributed by atoms with Crippen LogP contribution in [0.1, 0.15) is 75.7 Å². The lowest BCUT2D eigenvalue weighted by atomic mass is 9.94. The molecule has 2 aromatic rings. The van der Waals surface area contributed by atoms with Crippen molar-refractivity contribution < 1.29 is 23.9 Å². The Balaban J connectivity index is 1.38. The summed E-state index contributed by atoms with van der Waals surface area (Å²) in [5, 5.41) is 2.68. The number of esters is 1. The van der Waals surface area contributed by atoms with Crippen molar-refractivity contribution in [2.45, 2.75) is 51.5 Å². The fourth-order valence-corrected chi connectivity index (χ4v) is 4.29. The summed E-state index contributed by atoms with van der Waals surface area (Å²) in [6.07, 6.45) is 5.65. The molecule has 7 heteroatoms. The smallest absolute Gasteiger partial charge is 0.338 e. The Hall–Kier alpha value is -3.48. The predicted molar refractivity (Wildman–Crippen MR) is 119 cm³/mol. The second-order valence-electron chi connectivity index (χ2n) is 8.21. The molecule has 3 amide bonds. The van der Waals surface area contributed by atoms with Gasteiger partial charge in [0, 0.05) is 11.7 Å². The molecule has 2 aromatic carbocycles. The molecule has 1 heterocycles. The van der Waals surface area contributed by atoms with E-state index in [0.29, 0.717) is 11.3 Å². The number of nitrogens with zero attached hydrogens (tertiary/aromatic N) is 1. The van der Waals surface area contributed by atoms with E-state index >= 15 is 0 Å². The lowest BCUT2D eigenvalue weighted by molar-refractivity contribution is -0.119. The van der Waals surface area contributed by atoms with Crippen LogP contribution < -0.4 is 5.32 Å². The maximum absolute atomic E-state index is 12.9. The number of carbonyl (C=O) groups is 4. The SMILES string of the molecule is CCc1ccc(NC(=O)COC(=O)c2ccc3c(c2)C(=O)N(C2CCCCC2)C3=O)cc1. The normalized spacial score (nSPS) is 16.1. The number of benzene rings is 2. The largest absolute Gasteiger partial charge is 0.452 e. The van der Waals surface area contributed by atoms with Gasteiger partial charge >= 0.3 is 5.97 Å². The molecule has 0 radical (unpaired) electrons. The highest BCUT2D eigenvalue weighted by Gasteiger charge is 2.40. The summed E-state index contributed by atoms with van der Waals surface area (Å²) in [4.78, 5) is 51.5. The second kappa shape index (κ2) is 9.34. The highest BCUT2D eigenvalue weighted by molar-refractivity contribution is 6.22. The Morgan fingerprint density at radius 1 is 0.969 bits per heavy atom. The van der Waals surface area contributed by atoms with E-state index in [9.17, 15) is 19.2 Å². The van der Waals surface area contributed by atoms with E-state index in [1.165, 1.54) is 23.1 Å². The standard InChI is InChI=1S/C25H26N2O5/c1-2-16-8-11-18(12-9-16)26-22(28)15-32-25(31)17-10-13-20-21(14-17)24(30)27(23(20)29)19-6-4-3-5-7-19/h8-14,19H,2-7,15H2,1H3,(H,26,28). The molecular formula is C25H26N2O5. The molecule has 0 spiro atoms. The Labute approximate surface area is 186 Å². The van der Waals surface area contributed by atoms with E-state index in [2.05, 4.69) is 5.32 Å². The van der Waals surface area contributed by atoms with Gasteiger partial charge in [-0.3, -0.25) is 19.3 Å². The molecule has 1 aliphatic heterocycles. The Morgan fingerprint density at radius 3 is 2.34 bits per heavy atom. The minimum Gasteiger partial charge on any atom is -0.452 e. The van der Waals surface area contributed by atoms with E-state index in [0.717, 1.165) is 44.1 Å². The van der Waals surface area contributed by atoms with Gasteiger partial charge in [0.1, 0.15) is 0 Å². The summed E-state index contributed by atoms with van der Waals surface area (Å²) in [7, 11) is 0. The number of fused-ring (bicyclic) bond motifs is 1. The fraction of sp³-hybridized carbons (Fsp3) is 0.360. The number of nitrogens with one attached hydrogen (secondary N) is 1. The zero-order valence-corrected chi connectivity index (χ0v) is 18.1. The molecule has 2 aliphatic rings. The molecule has 1 aliphatic carbocycles. The van der Waals surface area contributed by atoms with Crippen LogP contribution in [0.4, 0.5) is 5.69 Å². The zero-order chi connectivity index (χ0) is 22.7. The van der Waals surface area contributed by atoms with Crippen LogP contribution in [0.15, 0.2) is 42.5 Å².